The van der Waals surface area contributed by atoms with E-state index in [0.717, 1.165) is 12.1 Å². The van der Waals surface area contributed by atoms with Crippen LogP contribution in [-0.4, -0.2) is 27.8 Å². The molecule has 0 fully saturated rings. The molecule has 0 saturated heterocycles. The number of carbonyl (C=O) groups excluding carboxylic acids is 1. The van der Waals surface area contributed by atoms with Crippen molar-refractivity contribution in [2.45, 2.75) is 33.3 Å². The SMILES string of the molecule is Cc1cc(F)c(-c2nc(C(=O)O)c(NC(=O)OC(C)(C)C)s2)c(F)c1. The highest BCUT2D eigenvalue weighted by atomic mass is 32.1. The van der Waals surface area contributed by atoms with Crippen molar-refractivity contribution in [1.29, 1.82) is 0 Å². The molecule has 1 amide bonds. The molecule has 1 heterocycles. The van der Waals surface area contributed by atoms with Gasteiger partial charge in [0, 0.05) is 0 Å². The number of hydrogen-bond acceptors (Lipinski definition) is 5. The topological polar surface area (TPSA) is 88.5 Å². The number of rotatable bonds is 3. The second kappa shape index (κ2) is 6.75. The smallest absolute Gasteiger partial charge is 0.412 e. The van der Waals surface area contributed by atoms with Crippen LogP contribution in [0, 0.1) is 18.6 Å². The third kappa shape index (κ3) is 4.50. The summed E-state index contributed by atoms with van der Waals surface area (Å²) >= 11 is 0.646. The zero-order valence-corrected chi connectivity index (χ0v) is 14.8. The predicted molar refractivity (Wildman–Crippen MR) is 89.0 cm³/mol. The minimum Gasteiger partial charge on any atom is -0.476 e. The molecule has 0 atom stereocenters. The van der Waals surface area contributed by atoms with Gasteiger partial charge in [-0.2, -0.15) is 0 Å². The lowest BCUT2D eigenvalue weighted by Gasteiger charge is -2.19. The molecular formula is C16H16F2N2O4S. The number of halogens is 2. The van der Waals surface area contributed by atoms with E-state index in [9.17, 15) is 23.5 Å². The van der Waals surface area contributed by atoms with Crippen LogP contribution in [-0.2, 0) is 4.74 Å². The Morgan fingerprint density at radius 3 is 2.28 bits per heavy atom. The second-order valence-corrected chi connectivity index (χ2v) is 7.23. The zero-order chi connectivity index (χ0) is 18.9. The number of anilines is 1. The fourth-order valence-electron chi connectivity index (χ4n) is 1.96. The number of benzene rings is 1. The first-order valence-electron chi connectivity index (χ1n) is 7.18. The van der Waals surface area contributed by atoms with Gasteiger partial charge >= 0.3 is 12.1 Å². The van der Waals surface area contributed by atoms with E-state index in [1.807, 2.05) is 0 Å². The quantitative estimate of drug-likeness (QED) is 0.834. The molecule has 2 N–H and O–H groups in total. The van der Waals surface area contributed by atoms with Gasteiger partial charge < -0.3 is 9.84 Å². The Balaban J connectivity index is 2.44. The molecule has 2 rings (SSSR count). The predicted octanol–water partition coefficient (Wildman–Crippen LogP) is 4.44. The summed E-state index contributed by atoms with van der Waals surface area (Å²) in [5, 5.41) is 11.1. The highest BCUT2D eigenvalue weighted by molar-refractivity contribution is 7.19. The number of carboxylic acids is 1. The number of hydrogen-bond donors (Lipinski definition) is 2. The largest absolute Gasteiger partial charge is 0.476 e. The average molecular weight is 370 g/mol. The molecule has 2 aromatic rings. The van der Waals surface area contributed by atoms with Crippen molar-refractivity contribution in [1.82, 2.24) is 4.98 Å². The summed E-state index contributed by atoms with van der Waals surface area (Å²) in [6.45, 7) is 6.44. The number of thiazole rings is 1. The summed E-state index contributed by atoms with van der Waals surface area (Å²) in [6.07, 6.45) is -0.893. The van der Waals surface area contributed by atoms with Gasteiger partial charge in [0.25, 0.3) is 0 Å². The van der Waals surface area contributed by atoms with Crippen LogP contribution in [0.3, 0.4) is 0 Å². The van der Waals surface area contributed by atoms with Crippen molar-refractivity contribution in [2.75, 3.05) is 5.32 Å². The van der Waals surface area contributed by atoms with Crippen LogP contribution in [0.5, 0.6) is 0 Å². The normalized spacial score (nSPS) is 11.3. The third-order valence-corrected chi connectivity index (χ3v) is 3.83. The molecule has 0 aliphatic heterocycles. The number of aromatic carboxylic acids is 1. The van der Waals surface area contributed by atoms with Crippen LogP contribution < -0.4 is 5.32 Å². The lowest BCUT2D eigenvalue weighted by molar-refractivity contribution is 0.0636. The fraction of sp³-hybridized carbons (Fsp3) is 0.312. The monoisotopic (exact) mass is 370 g/mol. The van der Waals surface area contributed by atoms with E-state index in [-0.39, 0.29) is 10.0 Å². The van der Waals surface area contributed by atoms with Gasteiger partial charge in [0.2, 0.25) is 0 Å². The Hall–Kier alpha value is -2.55. The maximum Gasteiger partial charge on any atom is 0.412 e. The molecule has 6 nitrogen and oxygen atoms in total. The van der Waals surface area contributed by atoms with Gasteiger partial charge in [0.15, 0.2) is 5.69 Å². The zero-order valence-electron chi connectivity index (χ0n) is 13.9. The van der Waals surface area contributed by atoms with Crippen LogP contribution >= 0.6 is 11.3 Å². The first-order valence-corrected chi connectivity index (χ1v) is 7.99. The molecule has 0 saturated carbocycles. The molecule has 0 aliphatic carbocycles. The Morgan fingerprint density at radius 1 is 1.24 bits per heavy atom. The Morgan fingerprint density at radius 2 is 1.80 bits per heavy atom. The van der Waals surface area contributed by atoms with Gasteiger partial charge in [-0.25, -0.2) is 23.4 Å². The number of aryl methyl sites for hydroxylation is 1. The molecule has 134 valence electrons. The summed E-state index contributed by atoms with van der Waals surface area (Å²) in [5.41, 5.74) is -1.39. The molecule has 0 unspecified atom stereocenters. The van der Waals surface area contributed by atoms with E-state index >= 15 is 0 Å². The van der Waals surface area contributed by atoms with Crippen molar-refractivity contribution in [3.63, 3.8) is 0 Å². The van der Waals surface area contributed by atoms with Crippen LogP contribution in [0.2, 0.25) is 0 Å². The minimum atomic E-state index is -1.44. The van der Waals surface area contributed by atoms with Crippen LogP contribution in [0.25, 0.3) is 10.6 Å². The molecule has 0 bridgehead atoms. The molecular weight excluding hydrogens is 354 g/mol. The first kappa shape index (κ1) is 18.8. The molecule has 0 spiro atoms. The fourth-order valence-corrected chi connectivity index (χ4v) is 2.95. The standard InChI is InChI=1S/C16H16F2N2O4S/c1-7-5-8(17)10(9(18)6-7)12-19-11(14(21)22)13(25-12)20-15(23)24-16(2,3)4/h5-6H,1-4H3,(H,20,23)(H,21,22). The summed E-state index contributed by atoms with van der Waals surface area (Å²) in [4.78, 5) is 26.9. The van der Waals surface area contributed by atoms with E-state index in [2.05, 4.69) is 10.3 Å². The highest BCUT2D eigenvalue weighted by Crippen LogP contribution is 2.35. The molecule has 1 aromatic carbocycles. The first-order chi connectivity index (χ1) is 11.5. The van der Waals surface area contributed by atoms with E-state index in [4.69, 9.17) is 4.74 Å². The van der Waals surface area contributed by atoms with Crippen LogP contribution in [0.15, 0.2) is 12.1 Å². The number of carboxylic acid groups (broad SMARTS) is 1. The van der Waals surface area contributed by atoms with Crippen molar-refractivity contribution >= 4 is 28.4 Å². The van der Waals surface area contributed by atoms with E-state index in [1.165, 1.54) is 6.92 Å². The third-order valence-electron chi connectivity index (χ3n) is 2.84. The maximum atomic E-state index is 14.1. The van der Waals surface area contributed by atoms with Gasteiger partial charge in [-0.05, 0) is 45.4 Å². The average Bonchev–Trinajstić information content (AvgIpc) is 2.78. The van der Waals surface area contributed by atoms with Crippen LogP contribution in [0.4, 0.5) is 18.6 Å². The number of aromatic nitrogens is 1. The lowest BCUT2D eigenvalue weighted by Crippen LogP contribution is -2.27. The Labute approximate surface area is 146 Å². The number of amides is 1. The van der Waals surface area contributed by atoms with Crippen molar-refractivity contribution in [3.8, 4) is 10.6 Å². The number of nitrogens with zero attached hydrogens (tertiary/aromatic N) is 1. The van der Waals surface area contributed by atoms with Gasteiger partial charge in [-0.15, -0.1) is 0 Å². The molecule has 1 aromatic heterocycles. The summed E-state index contributed by atoms with van der Waals surface area (Å²) in [6, 6.07) is 2.22. The van der Waals surface area contributed by atoms with Gasteiger partial charge in [-0.3, -0.25) is 5.32 Å². The highest BCUT2D eigenvalue weighted by Gasteiger charge is 2.25. The summed E-state index contributed by atoms with van der Waals surface area (Å²) in [5.74, 6) is -3.18. The Kier molecular flexibility index (Phi) is 5.07. The molecule has 9 heteroatoms. The molecule has 0 aliphatic rings. The summed E-state index contributed by atoms with van der Waals surface area (Å²) in [7, 11) is 0. The van der Waals surface area contributed by atoms with Gasteiger partial charge in [-0.1, -0.05) is 11.3 Å². The van der Waals surface area contributed by atoms with Crippen molar-refractivity contribution in [2.24, 2.45) is 0 Å². The van der Waals surface area contributed by atoms with Gasteiger partial charge in [0.1, 0.15) is 27.2 Å². The van der Waals surface area contributed by atoms with Crippen molar-refractivity contribution < 1.29 is 28.2 Å². The minimum absolute atomic E-state index is 0.170. The number of carbonyl (C=O) groups is 2. The second-order valence-electron chi connectivity index (χ2n) is 6.23. The van der Waals surface area contributed by atoms with E-state index in [0.29, 0.717) is 16.9 Å². The molecule has 0 radical (unpaired) electrons. The maximum absolute atomic E-state index is 14.1. The van der Waals surface area contributed by atoms with E-state index < -0.39 is 40.6 Å². The van der Waals surface area contributed by atoms with Crippen molar-refractivity contribution in [3.05, 3.63) is 35.0 Å². The number of nitrogens with one attached hydrogen (secondary N) is 1. The van der Waals surface area contributed by atoms with Gasteiger partial charge in [0.05, 0.1) is 5.56 Å². The number of ether oxygens (including phenoxy) is 1. The van der Waals surface area contributed by atoms with Crippen LogP contribution in [0.1, 0.15) is 36.8 Å². The summed E-state index contributed by atoms with van der Waals surface area (Å²) < 4.78 is 33.2. The van der Waals surface area contributed by atoms with E-state index in [1.54, 1.807) is 20.8 Å². The molecule has 25 heavy (non-hydrogen) atoms. The lowest BCUT2D eigenvalue weighted by atomic mass is 10.1. The Bertz CT molecular complexity index is 820.